The highest BCUT2D eigenvalue weighted by molar-refractivity contribution is 7.98. The van der Waals surface area contributed by atoms with E-state index in [2.05, 4.69) is 75.7 Å². The Balaban J connectivity index is 2.21. The number of aryl methyl sites for hydroxylation is 3. The lowest BCUT2D eigenvalue weighted by Gasteiger charge is -2.21. The van der Waals surface area contributed by atoms with Gasteiger partial charge in [0.1, 0.15) is 0 Å². The Morgan fingerprint density at radius 3 is 2.00 bits per heavy atom. The normalized spacial score (nSPS) is 12.2. The smallest absolute Gasteiger partial charge is 0.0490 e. The predicted octanol–water partition coefficient (Wildman–Crippen LogP) is 5.51. The van der Waals surface area contributed by atoms with E-state index < -0.39 is 0 Å². The van der Waals surface area contributed by atoms with Gasteiger partial charge in [-0.25, -0.2) is 0 Å². The van der Waals surface area contributed by atoms with Crippen molar-refractivity contribution in [3.8, 4) is 0 Å². The molecule has 0 aliphatic carbocycles. The molecule has 1 atom stereocenters. The zero-order valence-electron chi connectivity index (χ0n) is 12.9. The largest absolute Gasteiger partial charge is 0.378 e. The van der Waals surface area contributed by atoms with Gasteiger partial charge in [0.2, 0.25) is 0 Å². The molecule has 0 saturated heterocycles. The van der Waals surface area contributed by atoms with E-state index in [1.54, 1.807) is 11.8 Å². The summed E-state index contributed by atoms with van der Waals surface area (Å²) in [5.41, 5.74) is 6.64. The topological polar surface area (TPSA) is 12.0 Å². The molecule has 1 nitrogen and oxygen atoms in total. The van der Waals surface area contributed by atoms with Gasteiger partial charge in [0, 0.05) is 16.6 Å². The van der Waals surface area contributed by atoms with Gasteiger partial charge in [0.15, 0.2) is 0 Å². The van der Waals surface area contributed by atoms with Crippen molar-refractivity contribution in [2.45, 2.75) is 38.6 Å². The standard InChI is InChI=1S/C18H23NS/c1-12-10-13(2)18(14(3)11-12)15(4)19-16-6-8-17(20-5)9-7-16/h6-11,15,19H,1-5H3. The van der Waals surface area contributed by atoms with E-state index in [1.807, 2.05) is 0 Å². The molecule has 0 aliphatic heterocycles. The van der Waals surface area contributed by atoms with Crippen LogP contribution in [-0.2, 0) is 0 Å². The molecule has 2 aromatic rings. The highest BCUT2D eigenvalue weighted by atomic mass is 32.2. The number of nitrogens with one attached hydrogen (secondary N) is 1. The van der Waals surface area contributed by atoms with Crippen molar-refractivity contribution < 1.29 is 0 Å². The summed E-state index contributed by atoms with van der Waals surface area (Å²) in [5.74, 6) is 0. The van der Waals surface area contributed by atoms with Gasteiger partial charge >= 0.3 is 0 Å². The Bertz CT molecular complexity index is 564. The summed E-state index contributed by atoms with van der Waals surface area (Å²) in [5, 5.41) is 3.60. The number of anilines is 1. The molecule has 0 heterocycles. The number of rotatable bonds is 4. The van der Waals surface area contributed by atoms with E-state index in [0.717, 1.165) is 0 Å². The Kier molecular flexibility index (Phi) is 4.77. The molecule has 0 spiro atoms. The van der Waals surface area contributed by atoms with Gasteiger partial charge in [0.05, 0.1) is 0 Å². The summed E-state index contributed by atoms with van der Waals surface area (Å²) in [7, 11) is 0. The van der Waals surface area contributed by atoms with Crippen molar-refractivity contribution in [2.75, 3.05) is 11.6 Å². The maximum Gasteiger partial charge on any atom is 0.0490 e. The Labute approximate surface area is 126 Å². The monoisotopic (exact) mass is 285 g/mol. The Hall–Kier alpha value is -1.41. The van der Waals surface area contributed by atoms with E-state index in [-0.39, 0.29) is 0 Å². The van der Waals surface area contributed by atoms with Crippen LogP contribution >= 0.6 is 11.8 Å². The zero-order chi connectivity index (χ0) is 14.7. The molecule has 1 unspecified atom stereocenters. The molecule has 0 aromatic heterocycles. The lowest BCUT2D eigenvalue weighted by atomic mass is 9.95. The zero-order valence-corrected chi connectivity index (χ0v) is 13.8. The van der Waals surface area contributed by atoms with Gasteiger partial charge < -0.3 is 5.32 Å². The van der Waals surface area contributed by atoms with E-state index in [1.165, 1.54) is 32.8 Å². The molecule has 0 bridgehead atoms. The third-order valence-corrected chi connectivity index (χ3v) is 4.39. The van der Waals surface area contributed by atoms with Crippen LogP contribution in [0.1, 0.15) is 35.2 Å². The lowest BCUT2D eigenvalue weighted by molar-refractivity contribution is 0.862. The first-order valence-electron chi connectivity index (χ1n) is 6.99. The molecule has 2 rings (SSSR count). The minimum Gasteiger partial charge on any atom is -0.378 e. The molecule has 0 radical (unpaired) electrons. The van der Waals surface area contributed by atoms with Gasteiger partial charge in [-0.2, -0.15) is 0 Å². The molecule has 0 fully saturated rings. The second-order valence-electron chi connectivity index (χ2n) is 5.41. The van der Waals surface area contributed by atoms with Gasteiger partial charge in [-0.15, -0.1) is 11.8 Å². The van der Waals surface area contributed by atoms with Crippen LogP contribution in [0.4, 0.5) is 5.69 Å². The van der Waals surface area contributed by atoms with Crippen LogP contribution in [0, 0.1) is 20.8 Å². The molecule has 106 valence electrons. The maximum absolute atomic E-state index is 3.60. The first-order chi connectivity index (χ1) is 9.51. The average Bonchev–Trinajstić information content (AvgIpc) is 2.38. The second kappa shape index (κ2) is 6.36. The summed E-state index contributed by atoms with van der Waals surface area (Å²) < 4.78 is 0. The fourth-order valence-electron chi connectivity index (χ4n) is 2.88. The third kappa shape index (κ3) is 3.37. The highest BCUT2D eigenvalue weighted by Crippen LogP contribution is 2.27. The van der Waals surface area contributed by atoms with E-state index in [0.29, 0.717) is 6.04 Å². The van der Waals surface area contributed by atoms with Gasteiger partial charge in [-0.3, -0.25) is 0 Å². The summed E-state index contributed by atoms with van der Waals surface area (Å²) in [6.07, 6.45) is 2.10. The second-order valence-corrected chi connectivity index (χ2v) is 6.29. The summed E-state index contributed by atoms with van der Waals surface area (Å²) in [6.45, 7) is 8.78. The van der Waals surface area contributed by atoms with Crippen molar-refractivity contribution in [3.63, 3.8) is 0 Å². The molecule has 0 aliphatic rings. The van der Waals surface area contributed by atoms with Crippen molar-refractivity contribution in [1.82, 2.24) is 0 Å². The summed E-state index contributed by atoms with van der Waals surface area (Å²) in [6, 6.07) is 13.5. The van der Waals surface area contributed by atoms with Crippen molar-refractivity contribution in [3.05, 3.63) is 58.7 Å². The van der Waals surface area contributed by atoms with Crippen LogP contribution in [0.3, 0.4) is 0 Å². The van der Waals surface area contributed by atoms with Gasteiger partial charge in [-0.05, 0) is 74.9 Å². The van der Waals surface area contributed by atoms with Crippen LogP contribution in [0.15, 0.2) is 41.3 Å². The quantitative estimate of drug-likeness (QED) is 0.744. The van der Waals surface area contributed by atoms with Crippen LogP contribution < -0.4 is 5.32 Å². The van der Waals surface area contributed by atoms with Crippen LogP contribution in [-0.4, -0.2) is 6.26 Å². The molecule has 2 aromatic carbocycles. The van der Waals surface area contributed by atoms with Crippen LogP contribution in [0.2, 0.25) is 0 Å². The summed E-state index contributed by atoms with van der Waals surface area (Å²) >= 11 is 1.77. The maximum atomic E-state index is 3.60. The Morgan fingerprint density at radius 1 is 0.950 bits per heavy atom. The molecule has 2 heteroatoms. The number of thioether (sulfide) groups is 1. The number of hydrogen-bond donors (Lipinski definition) is 1. The SMILES string of the molecule is CSc1ccc(NC(C)c2c(C)cc(C)cc2C)cc1. The fourth-order valence-corrected chi connectivity index (χ4v) is 3.29. The van der Waals surface area contributed by atoms with Crippen LogP contribution in [0.25, 0.3) is 0 Å². The molecule has 1 N–H and O–H groups in total. The molecular weight excluding hydrogens is 262 g/mol. The van der Waals surface area contributed by atoms with Crippen LogP contribution in [0.5, 0.6) is 0 Å². The molecule has 0 saturated carbocycles. The Morgan fingerprint density at radius 2 is 1.50 bits per heavy atom. The van der Waals surface area contributed by atoms with E-state index >= 15 is 0 Å². The number of hydrogen-bond acceptors (Lipinski definition) is 2. The van der Waals surface area contributed by atoms with Gasteiger partial charge in [0.25, 0.3) is 0 Å². The summed E-state index contributed by atoms with van der Waals surface area (Å²) in [4.78, 5) is 1.30. The van der Waals surface area contributed by atoms with E-state index in [4.69, 9.17) is 0 Å². The van der Waals surface area contributed by atoms with Crippen molar-refractivity contribution in [1.29, 1.82) is 0 Å². The first-order valence-corrected chi connectivity index (χ1v) is 8.22. The van der Waals surface area contributed by atoms with E-state index in [9.17, 15) is 0 Å². The number of benzene rings is 2. The van der Waals surface area contributed by atoms with Crippen molar-refractivity contribution in [2.24, 2.45) is 0 Å². The lowest BCUT2D eigenvalue weighted by Crippen LogP contribution is -2.10. The minimum atomic E-state index is 0.315. The predicted molar refractivity (Wildman–Crippen MR) is 90.9 cm³/mol. The fraction of sp³-hybridized carbons (Fsp3) is 0.333. The highest BCUT2D eigenvalue weighted by Gasteiger charge is 2.11. The average molecular weight is 285 g/mol. The first kappa shape index (κ1) is 15.0. The molecule has 20 heavy (non-hydrogen) atoms. The van der Waals surface area contributed by atoms with Crippen molar-refractivity contribution >= 4 is 17.4 Å². The molecule has 0 amide bonds. The minimum absolute atomic E-state index is 0.315. The third-order valence-electron chi connectivity index (χ3n) is 3.64. The van der Waals surface area contributed by atoms with Gasteiger partial charge in [-0.1, -0.05) is 17.7 Å². The molecular formula is C18H23NS.